The Kier molecular flexibility index (Phi) is 5.87. The summed E-state index contributed by atoms with van der Waals surface area (Å²) in [5, 5.41) is 13.0. The Morgan fingerprint density at radius 2 is 1.76 bits per heavy atom. The number of nitrogens with two attached hydrogens (primary N) is 1. The van der Waals surface area contributed by atoms with Crippen molar-refractivity contribution in [1.29, 1.82) is 0 Å². The molecule has 0 aliphatic heterocycles. The van der Waals surface area contributed by atoms with Crippen molar-refractivity contribution < 1.29 is 14.0 Å². The molecule has 150 valence electrons. The molecule has 0 saturated carbocycles. The quantitative estimate of drug-likeness (QED) is 0.591. The fourth-order valence-electron chi connectivity index (χ4n) is 2.85. The Bertz CT molecular complexity index is 1030. The van der Waals surface area contributed by atoms with Gasteiger partial charge in [0, 0.05) is 12.2 Å². The average molecular weight is 396 g/mol. The fraction of sp³-hybridized carbons (Fsp3) is 0.200. The molecule has 8 nitrogen and oxygen atoms in total. The Labute approximate surface area is 166 Å². The number of rotatable bonds is 6. The summed E-state index contributed by atoms with van der Waals surface area (Å²) in [6.45, 7) is 3.87. The highest BCUT2D eigenvalue weighted by atomic mass is 19.1. The van der Waals surface area contributed by atoms with Crippen LogP contribution in [0.2, 0.25) is 0 Å². The summed E-state index contributed by atoms with van der Waals surface area (Å²) < 4.78 is 14.1. The number of carbonyl (C=O) groups excluding carboxylic acids is 2. The molecule has 0 unspecified atom stereocenters. The van der Waals surface area contributed by atoms with E-state index in [1.165, 1.54) is 12.1 Å². The van der Waals surface area contributed by atoms with Crippen molar-refractivity contribution in [1.82, 2.24) is 20.3 Å². The lowest BCUT2D eigenvalue weighted by atomic mass is 10.1. The van der Waals surface area contributed by atoms with E-state index in [1.54, 1.807) is 12.1 Å². The number of hydrogen-bond donors (Lipinski definition) is 3. The molecule has 1 heterocycles. The van der Waals surface area contributed by atoms with E-state index in [2.05, 4.69) is 20.9 Å². The number of nitrogens with zero attached hydrogens (tertiary/aromatic N) is 3. The van der Waals surface area contributed by atoms with Gasteiger partial charge in [-0.25, -0.2) is 9.07 Å². The number of halogens is 1. The molecule has 0 aliphatic carbocycles. The summed E-state index contributed by atoms with van der Waals surface area (Å²) >= 11 is 0. The van der Waals surface area contributed by atoms with Gasteiger partial charge in [-0.1, -0.05) is 23.4 Å². The van der Waals surface area contributed by atoms with E-state index in [4.69, 9.17) is 5.73 Å². The Morgan fingerprint density at radius 3 is 2.41 bits per heavy atom. The number of hydrogen-bond acceptors (Lipinski definition) is 5. The van der Waals surface area contributed by atoms with Gasteiger partial charge in [-0.2, -0.15) is 0 Å². The SMILES string of the molecule is Cc1cc(C)cc(NC(=O)Cn2nnc(C(=O)NCc3ccc(F)cc3)c2N)c1. The first-order valence-electron chi connectivity index (χ1n) is 8.91. The number of anilines is 2. The highest BCUT2D eigenvalue weighted by Crippen LogP contribution is 2.14. The second kappa shape index (κ2) is 8.51. The zero-order valence-corrected chi connectivity index (χ0v) is 16.1. The van der Waals surface area contributed by atoms with Crippen LogP contribution < -0.4 is 16.4 Å². The van der Waals surface area contributed by atoms with Gasteiger partial charge in [-0.05, 0) is 54.8 Å². The zero-order chi connectivity index (χ0) is 21.0. The van der Waals surface area contributed by atoms with Crippen molar-refractivity contribution in [3.8, 4) is 0 Å². The van der Waals surface area contributed by atoms with Crippen LogP contribution >= 0.6 is 0 Å². The van der Waals surface area contributed by atoms with Crippen molar-refractivity contribution in [2.45, 2.75) is 26.9 Å². The van der Waals surface area contributed by atoms with E-state index in [9.17, 15) is 14.0 Å². The van der Waals surface area contributed by atoms with Crippen molar-refractivity contribution in [2.75, 3.05) is 11.1 Å². The summed E-state index contributed by atoms with van der Waals surface area (Å²) in [7, 11) is 0. The molecular formula is C20H21FN6O2. The van der Waals surface area contributed by atoms with Gasteiger partial charge in [0.15, 0.2) is 11.5 Å². The highest BCUT2D eigenvalue weighted by molar-refractivity contribution is 5.96. The maximum absolute atomic E-state index is 12.9. The van der Waals surface area contributed by atoms with Crippen molar-refractivity contribution in [3.63, 3.8) is 0 Å². The van der Waals surface area contributed by atoms with Crippen LogP contribution in [0.25, 0.3) is 0 Å². The van der Waals surface area contributed by atoms with E-state index in [0.717, 1.165) is 21.4 Å². The Morgan fingerprint density at radius 1 is 1.10 bits per heavy atom. The molecule has 0 aliphatic rings. The lowest BCUT2D eigenvalue weighted by Gasteiger charge is -2.08. The molecule has 2 aromatic carbocycles. The molecule has 1 aromatic heterocycles. The highest BCUT2D eigenvalue weighted by Gasteiger charge is 2.19. The second-order valence-electron chi connectivity index (χ2n) is 6.71. The van der Waals surface area contributed by atoms with Gasteiger partial charge < -0.3 is 16.4 Å². The summed E-state index contributed by atoms with van der Waals surface area (Å²) in [4.78, 5) is 24.6. The number of aromatic nitrogens is 3. The molecule has 0 radical (unpaired) electrons. The summed E-state index contributed by atoms with van der Waals surface area (Å²) in [5.41, 5.74) is 9.30. The third kappa shape index (κ3) is 5.16. The third-order valence-electron chi connectivity index (χ3n) is 4.15. The van der Waals surface area contributed by atoms with Crippen LogP contribution in [0.1, 0.15) is 27.2 Å². The van der Waals surface area contributed by atoms with E-state index >= 15 is 0 Å². The monoisotopic (exact) mass is 396 g/mol. The van der Waals surface area contributed by atoms with Gasteiger partial charge in [-0.15, -0.1) is 5.10 Å². The van der Waals surface area contributed by atoms with Crippen LogP contribution in [0, 0.1) is 19.7 Å². The molecule has 0 fully saturated rings. The molecule has 9 heteroatoms. The molecule has 3 rings (SSSR count). The van der Waals surface area contributed by atoms with Gasteiger partial charge in [0.2, 0.25) is 5.91 Å². The molecule has 2 amide bonds. The van der Waals surface area contributed by atoms with Crippen molar-refractivity contribution >= 4 is 23.3 Å². The van der Waals surface area contributed by atoms with Crippen LogP contribution in [-0.4, -0.2) is 26.8 Å². The summed E-state index contributed by atoms with van der Waals surface area (Å²) in [6.07, 6.45) is 0. The van der Waals surface area contributed by atoms with Gasteiger partial charge in [0.1, 0.15) is 12.4 Å². The van der Waals surface area contributed by atoms with Crippen LogP contribution in [0.5, 0.6) is 0 Å². The van der Waals surface area contributed by atoms with E-state index in [1.807, 2.05) is 32.0 Å². The maximum Gasteiger partial charge on any atom is 0.275 e. The summed E-state index contributed by atoms with van der Waals surface area (Å²) in [6, 6.07) is 11.4. The Hall–Kier alpha value is -3.75. The number of amides is 2. The number of nitrogens with one attached hydrogen (secondary N) is 2. The zero-order valence-electron chi connectivity index (χ0n) is 16.1. The minimum atomic E-state index is -0.534. The number of benzene rings is 2. The van der Waals surface area contributed by atoms with Gasteiger partial charge >= 0.3 is 0 Å². The van der Waals surface area contributed by atoms with Crippen molar-refractivity contribution in [2.24, 2.45) is 0 Å². The lowest BCUT2D eigenvalue weighted by molar-refractivity contribution is -0.116. The molecule has 3 aromatic rings. The predicted octanol–water partition coefficient (Wildman–Crippen LogP) is 2.18. The minimum Gasteiger partial charge on any atom is -0.382 e. The van der Waals surface area contributed by atoms with Crippen LogP contribution in [0.3, 0.4) is 0 Å². The third-order valence-corrected chi connectivity index (χ3v) is 4.15. The van der Waals surface area contributed by atoms with Gasteiger partial charge in [-0.3, -0.25) is 9.59 Å². The molecule has 4 N–H and O–H groups in total. The first-order chi connectivity index (χ1) is 13.8. The van der Waals surface area contributed by atoms with E-state index in [0.29, 0.717) is 5.69 Å². The normalized spacial score (nSPS) is 10.6. The topological polar surface area (TPSA) is 115 Å². The molecule has 0 atom stereocenters. The van der Waals surface area contributed by atoms with E-state index < -0.39 is 5.91 Å². The predicted molar refractivity (Wildman–Crippen MR) is 107 cm³/mol. The fourth-order valence-corrected chi connectivity index (χ4v) is 2.85. The molecule has 0 spiro atoms. The number of nitrogen functional groups attached to an aromatic ring is 1. The van der Waals surface area contributed by atoms with Crippen LogP contribution in [0.15, 0.2) is 42.5 Å². The standard InChI is InChI=1S/C20H21FN6O2/c1-12-7-13(2)9-16(8-12)24-17(28)11-27-19(22)18(25-26-27)20(29)23-10-14-3-5-15(21)6-4-14/h3-9H,10-11,22H2,1-2H3,(H,23,29)(H,24,28). The lowest BCUT2D eigenvalue weighted by Crippen LogP contribution is -2.25. The van der Waals surface area contributed by atoms with Crippen LogP contribution in [0.4, 0.5) is 15.9 Å². The van der Waals surface area contributed by atoms with Gasteiger partial charge in [0.05, 0.1) is 0 Å². The number of aryl methyl sites for hydroxylation is 2. The molecular weight excluding hydrogens is 375 g/mol. The Balaban J connectivity index is 1.61. The summed E-state index contributed by atoms with van der Waals surface area (Å²) in [5.74, 6) is -1.25. The number of carbonyl (C=O) groups is 2. The first-order valence-corrected chi connectivity index (χ1v) is 8.91. The molecule has 29 heavy (non-hydrogen) atoms. The van der Waals surface area contributed by atoms with Crippen molar-refractivity contribution in [3.05, 3.63) is 70.7 Å². The molecule has 0 bridgehead atoms. The maximum atomic E-state index is 12.9. The molecule has 0 saturated heterocycles. The van der Waals surface area contributed by atoms with E-state index in [-0.39, 0.29) is 36.3 Å². The minimum absolute atomic E-state index is 0.0165. The average Bonchev–Trinajstić information content (AvgIpc) is 3.00. The largest absolute Gasteiger partial charge is 0.382 e. The second-order valence-corrected chi connectivity index (χ2v) is 6.71. The van der Waals surface area contributed by atoms with Crippen LogP contribution in [-0.2, 0) is 17.9 Å². The smallest absolute Gasteiger partial charge is 0.275 e. The van der Waals surface area contributed by atoms with Gasteiger partial charge in [0.25, 0.3) is 5.91 Å². The first kappa shape index (κ1) is 20.0.